The van der Waals surface area contributed by atoms with Gasteiger partial charge in [-0.1, -0.05) is 6.07 Å². The molecule has 4 heteroatoms. The highest BCUT2D eigenvalue weighted by atomic mass is 16.5. The lowest BCUT2D eigenvalue weighted by atomic mass is 10.2. The Kier molecular flexibility index (Phi) is 1.62. The van der Waals surface area contributed by atoms with Crippen LogP contribution in [0.5, 0.6) is 5.75 Å². The van der Waals surface area contributed by atoms with Crippen molar-refractivity contribution in [1.29, 1.82) is 0 Å². The summed E-state index contributed by atoms with van der Waals surface area (Å²) in [4.78, 5) is 0. The van der Waals surface area contributed by atoms with Crippen LogP contribution in [0.2, 0.25) is 0 Å². The highest BCUT2D eigenvalue weighted by molar-refractivity contribution is 5.93. The third-order valence-corrected chi connectivity index (χ3v) is 2.08. The minimum absolute atomic E-state index is 0.538. The Morgan fingerprint density at radius 3 is 2.92 bits per heavy atom. The Morgan fingerprint density at radius 1 is 1.46 bits per heavy atom. The van der Waals surface area contributed by atoms with Crippen LogP contribution < -0.4 is 10.5 Å². The lowest BCUT2D eigenvalue weighted by Gasteiger charge is -2.01. The summed E-state index contributed by atoms with van der Waals surface area (Å²) in [6, 6.07) is 5.73. The average Bonchev–Trinajstić information content (AvgIpc) is 2.43. The molecule has 0 unspecified atom stereocenters. The van der Waals surface area contributed by atoms with Crippen LogP contribution >= 0.6 is 0 Å². The zero-order chi connectivity index (χ0) is 9.42. The molecule has 2 rings (SSSR count). The van der Waals surface area contributed by atoms with Crippen molar-refractivity contribution >= 4 is 16.7 Å². The number of aryl methyl sites for hydroxylation is 1. The largest absolute Gasteiger partial charge is 0.494 e. The summed E-state index contributed by atoms with van der Waals surface area (Å²) in [7, 11) is 3.49. The summed E-state index contributed by atoms with van der Waals surface area (Å²) in [5, 5.41) is 5.05. The van der Waals surface area contributed by atoms with Gasteiger partial charge in [-0.2, -0.15) is 5.10 Å². The van der Waals surface area contributed by atoms with Gasteiger partial charge < -0.3 is 10.5 Å². The molecule has 0 saturated carbocycles. The van der Waals surface area contributed by atoms with Gasteiger partial charge in [0.15, 0.2) is 5.82 Å². The molecule has 4 nitrogen and oxygen atoms in total. The molecule has 1 aromatic heterocycles. The molecule has 0 bridgehead atoms. The number of anilines is 1. The van der Waals surface area contributed by atoms with Crippen LogP contribution in [0.15, 0.2) is 18.2 Å². The zero-order valence-electron chi connectivity index (χ0n) is 7.61. The monoisotopic (exact) mass is 177 g/mol. The normalized spacial score (nSPS) is 10.6. The number of aromatic nitrogens is 2. The van der Waals surface area contributed by atoms with Crippen molar-refractivity contribution in [3.8, 4) is 5.75 Å². The van der Waals surface area contributed by atoms with Crippen molar-refractivity contribution in [3.63, 3.8) is 0 Å². The van der Waals surface area contributed by atoms with Crippen LogP contribution in [0.25, 0.3) is 10.9 Å². The molecule has 0 atom stereocenters. The second-order valence-electron chi connectivity index (χ2n) is 2.87. The van der Waals surface area contributed by atoms with E-state index in [4.69, 9.17) is 10.5 Å². The van der Waals surface area contributed by atoms with Crippen molar-refractivity contribution in [3.05, 3.63) is 18.2 Å². The molecule has 1 aromatic carbocycles. The molecular weight excluding hydrogens is 166 g/mol. The van der Waals surface area contributed by atoms with Gasteiger partial charge in [0.2, 0.25) is 0 Å². The van der Waals surface area contributed by atoms with Crippen molar-refractivity contribution in [2.45, 2.75) is 0 Å². The summed E-state index contributed by atoms with van der Waals surface area (Å²) in [5.41, 5.74) is 6.65. The minimum Gasteiger partial charge on any atom is -0.494 e. The predicted octanol–water partition coefficient (Wildman–Crippen LogP) is 1.16. The maximum atomic E-state index is 5.71. The van der Waals surface area contributed by atoms with E-state index >= 15 is 0 Å². The molecule has 0 spiro atoms. The molecule has 0 fully saturated rings. The molecule has 2 N–H and O–H groups in total. The van der Waals surface area contributed by atoms with Crippen molar-refractivity contribution < 1.29 is 4.74 Å². The van der Waals surface area contributed by atoms with Crippen LogP contribution in [0.3, 0.4) is 0 Å². The fraction of sp³-hybridized carbons (Fsp3) is 0.222. The zero-order valence-corrected chi connectivity index (χ0v) is 7.61. The second kappa shape index (κ2) is 2.65. The Morgan fingerprint density at radius 2 is 2.23 bits per heavy atom. The Bertz CT molecular complexity index is 447. The minimum atomic E-state index is 0.538. The lowest BCUT2D eigenvalue weighted by Crippen LogP contribution is -1.93. The molecule has 2 aromatic rings. The molecule has 0 saturated heterocycles. The van der Waals surface area contributed by atoms with Crippen molar-refractivity contribution in [2.24, 2.45) is 7.05 Å². The number of ether oxygens (including phenoxy) is 1. The first-order valence-electron chi connectivity index (χ1n) is 3.99. The smallest absolute Gasteiger partial charge is 0.153 e. The molecule has 0 amide bonds. The number of hydrogen-bond donors (Lipinski definition) is 1. The van der Waals surface area contributed by atoms with Crippen LogP contribution in [-0.2, 0) is 7.05 Å². The predicted molar refractivity (Wildman–Crippen MR) is 51.7 cm³/mol. The molecule has 0 aliphatic rings. The van der Waals surface area contributed by atoms with Gasteiger partial charge in [0.05, 0.1) is 7.11 Å². The van der Waals surface area contributed by atoms with E-state index in [1.165, 1.54) is 0 Å². The number of rotatable bonds is 1. The topological polar surface area (TPSA) is 53.1 Å². The number of para-hydroxylation sites is 1. The average molecular weight is 177 g/mol. The van der Waals surface area contributed by atoms with Crippen molar-refractivity contribution in [2.75, 3.05) is 12.8 Å². The van der Waals surface area contributed by atoms with E-state index in [-0.39, 0.29) is 0 Å². The third-order valence-electron chi connectivity index (χ3n) is 2.08. The molecule has 0 aliphatic heterocycles. The molecule has 0 aliphatic carbocycles. The third kappa shape index (κ3) is 1.02. The van der Waals surface area contributed by atoms with Crippen molar-refractivity contribution in [1.82, 2.24) is 9.78 Å². The molecular formula is C9H11N3O. The lowest BCUT2D eigenvalue weighted by molar-refractivity contribution is 0.417. The first-order valence-corrected chi connectivity index (χ1v) is 3.99. The maximum absolute atomic E-state index is 5.71. The van der Waals surface area contributed by atoms with Crippen LogP contribution in [0, 0.1) is 0 Å². The highest BCUT2D eigenvalue weighted by Gasteiger charge is 2.09. The van der Waals surface area contributed by atoms with Gasteiger partial charge in [0.25, 0.3) is 0 Å². The fourth-order valence-corrected chi connectivity index (χ4v) is 1.49. The first kappa shape index (κ1) is 7.91. The summed E-state index contributed by atoms with van der Waals surface area (Å²) < 4.78 is 6.93. The van der Waals surface area contributed by atoms with E-state index in [0.29, 0.717) is 5.82 Å². The Hall–Kier alpha value is -1.71. The fourth-order valence-electron chi connectivity index (χ4n) is 1.49. The van der Waals surface area contributed by atoms with Crippen LogP contribution in [0.1, 0.15) is 0 Å². The summed E-state index contributed by atoms with van der Waals surface area (Å²) >= 11 is 0. The van der Waals surface area contributed by atoms with E-state index in [1.54, 1.807) is 11.8 Å². The van der Waals surface area contributed by atoms with E-state index in [1.807, 2.05) is 25.2 Å². The SMILES string of the molecule is COc1cccc2c(N)nn(C)c12. The molecule has 1 heterocycles. The van der Waals surface area contributed by atoms with Gasteiger partial charge in [0.1, 0.15) is 11.3 Å². The number of nitrogens with two attached hydrogens (primary N) is 1. The summed E-state index contributed by atoms with van der Waals surface area (Å²) in [5.74, 6) is 1.33. The number of hydrogen-bond acceptors (Lipinski definition) is 3. The van der Waals surface area contributed by atoms with Gasteiger partial charge >= 0.3 is 0 Å². The highest BCUT2D eigenvalue weighted by Crippen LogP contribution is 2.27. The van der Waals surface area contributed by atoms with E-state index < -0.39 is 0 Å². The quantitative estimate of drug-likeness (QED) is 0.711. The van der Waals surface area contributed by atoms with Gasteiger partial charge in [-0.3, -0.25) is 4.68 Å². The van der Waals surface area contributed by atoms with Crippen LogP contribution in [0.4, 0.5) is 5.82 Å². The van der Waals surface area contributed by atoms with Gasteiger partial charge in [-0.15, -0.1) is 0 Å². The molecule has 0 radical (unpaired) electrons. The first-order chi connectivity index (χ1) is 6.24. The van der Waals surface area contributed by atoms with Gasteiger partial charge in [-0.25, -0.2) is 0 Å². The number of fused-ring (bicyclic) bond motifs is 1. The standard InChI is InChI=1S/C9H11N3O/c1-12-8-6(9(10)11-12)4-3-5-7(8)13-2/h3-5H,1-2H3,(H2,10,11). The number of nitrogen functional groups attached to an aromatic ring is 1. The maximum Gasteiger partial charge on any atom is 0.153 e. The van der Waals surface area contributed by atoms with Crippen LogP contribution in [-0.4, -0.2) is 16.9 Å². The number of methoxy groups -OCH3 is 1. The molecule has 13 heavy (non-hydrogen) atoms. The number of benzene rings is 1. The Balaban J connectivity index is 2.88. The van der Waals surface area contributed by atoms with Gasteiger partial charge in [-0.05, 0) is 12.1 Å². The Labute approximate surface area is 75.9 Å². The van der Waals surface area contributed by atoms with E-state index in [0.717, 1.165) is 16.7 Å². The van der Waals surface area contributed by atoms with E-state index in [2.05, 4.69) is 5.10 Å². The molecule has 68 valence electrons. The summed E-state index contributed by atoms with van der Waals surface area (Å²) in [6.45, 7) is 0. The van der Waals surface area contributed by atoms with Gasteiger partial charge in [0, 0.05) is 12.4 Å². The second-order valence-corrected chi connectivity index (χ2v) is 2.87. The summed E-state index contributed by atoms with van der Waals surface area (Å²) in [6.07, 6.45) is 0. The van der Waals surface area contributed by atoms with E-state index in [9.17, 15) is 0 Å². The number of nitrogens with zero attached hydrogens (tertiary/aromatic N) is 2.